The molecule has 146 valence electrons. The highest BCUT2D eigenvalue weighted by atomic mass is 16.4. The van der Waals surface area contributed by atoms with Gasteiger partial charge in [0.15, 0.2) is 0 Å². The molecule has 2 aliphatic carbocycles. The molecule has 26 heavy (non-hydrogen) atoms. The number of nitrogens with zero attached hydrogens (tertiary/aromatic N) is 2. The van der Waals surface area contributed by atoms with Crippen LogP contribution in [-0.2, 0) is 4.79 Å². The molecule has 0 spiro atoms. The van der Waals surface area contributed by atoms with E-state index in [9.17, 15) is 4.79 Å². The van der Waals surface area contributed by atoms with E-state index in [2.05, 4.69) is 34.3 Å². The Morgan fingerprint density at radius 1 is 1.23 bits per heavy atom. The van der Waals surface area contributed by atoms with Gasteiger partial charge in [-0.2, -0.15) is 0 Å². The SMILES string of the molecule is C=N/C(=N\C(N)=C(/CN[C@H](C)C1CCC1)NCC1CCCCC1)C(=O)O. The molecule has 0 amide bonds. The molecule has 0 saturated heterocycles. The highest BCUT2D eigenvalue weighted by Crippen LogP contribution is 2.29. The van der Waals surface area contributed by atoms with Crippen molar-refractivity contribution in [1.82, 2.24) is 10.6 Å². The number of rotatable bonds is 8. The average Bonchev–Trinajstić information content (AvgIpc) is 2.58. The lowest BCUT2D eigenvalue weighted by atomic mass is 9.80. The largest absolute Gasteiger partial charge is 0.475 e. The van der Waals surface area contributed by atoms with Gasteiger partial charge in [-0.3, -0.25) is 0 Å². The minimum absolute atomic E-state index is 0.166. The molecule has 0 radical (unpaired) electrons. The molecule has 5 N–H and O–H groups in total. The van der Waals surface area contributed by atoms with Crippen LogP contribution in [0.25, 0.3) is 0 Å². The van der Waals surface area contributed by atoms with Gasteiger partial charge in [0, 0.05) is 19.1 Å². The number of aliphatic imine (C=N–C) groups is 2. The van der Waals surface area contributed by atoms with Crippen LogP contribution in [0.3, 0.4) is 0 Å². The molecule has 0 unspecified atom stereocenters. The number of carboxylic acid groups (broad SMARTS) is 1. The summed E-state index contributed by atoms with van der Waals surface area (Å²) in [5.41, 5.74) is 6.84. The third kappa shape index (κ3) is 6.12. The van der Waals surface area contributed by atoms with E-state index in [0.29, 0.717) is 24.4 Å². The van der Waals surface area contributed by atoms with Crippen molar-refractivity contribution < 1.29 is 9.90 Å². The highest BCUT2D eigenvalue weighted by molar-refractivity contribution is 6.35. The second kappa shape index (κ2) is 10.3. The van der Waals surface area contributed by atoms with Crippen LogP contribution in [0.4, 0.5) is 0 Å². The third-order valence-electron chi connectivity index (χ3n) is 5.66. The zero-order valence-electron chi connectivity index (χ0n) is 15.8. The molecule has 2 aliphatic rings. The zero-order chi connectivity index (χ0) is 18.9. The van der Waals surface area contributed by atoms with Gasteiger partial charge in [-0.15, -0.1) is 0 Å². The molecular formula is C19H33N5O2. The van der Waals surface area contributed by atoms with Crippen LogP contribution in [-0.4, -0.2) is 42.8 Å². The van der Waals surface area contributed by atoms with Crippen LogP contribution >= 0.6 is 0 Å². The van der Waals surface area contributed by atoms with Crippen molar-refractivity contribution in [3.05, 3.63) is 11.5 Å². The summed E-state index contributed by atoms with van der Waals surface area (Å²) in [6.07, 6.45) is 10.2. The van der Waals surface area contributed by atoms with E-state index in [1.54, 1.807) is 0 Å². The van der Waals surface area contributed by atoms with Crippen molar-refractivity contribution in [2.45, 2.75) is 64.3 Å². The molecule has 2 saturated carbocycles. The molecule has 0 bridgehead atoms. The summed E-state index contributed by atoms with van der Waals surface area (Å²) >= 11 is 0. The van der Waals surface area contributed by atoms with Crippen molar-refractivity contribution in [3.8, 4) is 0 Å². The zero-order valence-corrected chi connectivity index (χ0v) is 15.8. The maximum Gasteiger partial charge on any atom is 0.373 e. The Morgan fingerprint density at radius 2 is 1.92 bits per heavy atom. The third-order valence-corrected chi connectivity index (χ3v) is 5.66. The Hall–Kier alpha value is -1.89. The number of carbonyl (C=O) groups is 1. The van der Waals surface area contributed by atoms with E-state index in [4.69, 9.17) is 10.8 Å². The van der Waals surface area contributed by atoms with Gasteiger partial charge < -0.3 is 21.5 Å². The molecule has 0 aromatic carbocycles. The maximum atomic E-state index is 11.1. The fourth-order valence-electron chi connectivity index (χ4n) is 3.60. The first-order valence-corrected chi connectivity index (χ1v) is 9.75. The van der Waals surface area contributed by atoms with Crippen LogP contribution in [0.15, 0.2) is 21.5 Å². The van der Waals surface area contributed by atoms with Crippen molar-refractivity contribution >= 4 is 18.5 Å². The monoisotopic (exact) mass is 363 g/mol. The summed E-state index contributed by atoms with van der Waals surface area (Å²) in [4.78, 5) is 18.5. The second-order valence-corrected chi connectivity index (χ2v) is 7.51. The summed E-state index contributed by atoms with van der Waals surface area (Å²) in [5, 5.41) is 16.0. The van der Waals surface area contributed by atoms with Gasteiger partial charge in [-0.25, -0.2) is 14.8 Å². The molecule has 0 aliphatic heterocycles. The van der Waals surface area contributed by atoms with Crippen molar-refractivity contribution in [1.29, 1.82) is 0 Å². The van der Waals surface area contributed by atoms with Crippen molar-refractivity contribution in [2.75, 3.05) is 13.1 Å². The van der Waals surface area contributed by atoms with Crippen LogP contribution in [0, 0.1) is 11.8 Å². The Kier molecular flexibility index (Phi) is 8.09. The Morgan fingerprint density at radius 3 is 2.46 bits per heavy atom. The van der Waals surface area contributed by atoms with Crippen LogP contribution < -0.4 is 16.4 Å². The fraction of sp³-hybridized carbons (Fsp3) is 0.737. The van der Waals surface area contributed by atoms with E-state index in [-0.39, 0.29) is 11.7 Å². The van der Waals surface area contributed by atoms with Gasteiger partial charge in [0.2, 0.25) is 5.84 Å². The molecular weight excluding hydrogens is 330 g/mol. The van der Waals surface area contributed by atoms with E-state index < -0.39 is 5.97 Å². The van der Waals surface area contributed by atoms with Gasteiger partial charge in [-0.1, -0.05) is 25.7 Å². The van der Waals surface area contributed by atoms with Gasteiger partial charge in [0.05, 0.1) is 5.70 Å². The standard InChI is InChI=1S/C19H33N5O2/c1-13(15-9-6-10-15)22-12-16(17(20)24-18(21-2)19(25)26)23-11-14-7-4-3-5-8-14/h13-15,22-23H,2-12,20H2,1H3,(H,25,26)/b17-16+,24-18-/t13-/m1/s1. The molecule has 1 atom stereocenters. The fourth-order valence-corrected chi connectivity index (χ4v) is 3.60. The Balaban J connectivity index is 2.03. The minimum Gasteiger partial charge on any atom is -0.475 e. The first-order valence-electron chi connectivity index (χ1n) is 9.75. The Labute approximate surface area is 156 Å². The molecule has 0 heterocycles. The first kappa shape index (κ1) is 20.4. The average molecular weight is 364 g/mol. The molecule has 0 aromatic heterocycles. The van der Waals surface area contributed by atoms with Gasteiger partial charge in [0.25, 0.3) is 0 Å². The van der Waals surface area contributed by atoms with Gasteiger partial charge in [-0.05, 0) is 51.2 Å². The summed E-state index contributed by atoms with van der Waals surface area (Å²) < 4.78 is 0. The number of hydrogen-bond acceptors (Lipinski definition) is 5. The number of nitrogens with two attached hydrogens (primary N) is 1. The van der Waals surface area contributed by atoms with Crippen LogP contribution in [0.1, 0.15) is 58.3 Å². The lowest BCUT2D eigenvalue weighted by Crippen LogP contribution is -2.41. The summed E-state index contributed by atoms with van der Waals surface area (Å²) in [6, 6.07) is 0.406. The van der Waals surface area contributed by atoms with Gasteiger partial charge >= 0.3 is 5.97 Å². The minimum atomic E-state index is -1.23. The van der Waals surface area contributed by atoms with E-state index in [0.717, 1.165) is 12.2 Å². The quantitative estimate of drug-likeness (QED) is 0.390. The van der Waals surface area contributed by atoms with E-state index in [1.165, 1.54) is 51.4 Å². The van der Waals surface area contributed by atoms with Crippen LogP contribution in [0.5, 0.6) is 0 Å². The number of aliphatic carboxylic acids is 1. The van der Waals surface area contributed by atoms with Crippen molar-refractivity contribution in [3.63, 3.8) is 0 Å². The van der Waals surface area contributed by atoms with E-state index >= 15 is 0 Å². The van der Waals surface area contributed by atoms with Crippen molar-refractivity contribution in [2.24, 2.45) is 27.6 Å². The van der Waals surface area contributed by atoms with E-state index in [1.807, 2.05) is 0 Å². The number of nitrogens with one attached hydrogen (secondary N) is 2. The predicted molar refractivity (Wildman–Crippen MR) is 105 cm³/mol. The smallest absolute Gasteiger partial charge is 0.373 e. The summed E-state index contributed by atoms with van der Waals surface area (Å²) in [7, 11) is 0. The normalized spacial score (nSPS) is 21.5. The summed E-state index contributed by atoms with van der Waals surface area (Å²) in [5.74, 6) is -0.101. The lowest BCUT2D eigenvalue weighted by Gasteiger charge is -2.32. The number of hydrogen-bond donors (Lipinski definition) is 4. The lowest BCUT2D eigenvalue weighted by molar-refractivity contribution is -0.129. The molecule has 0 aromatic rings. The highest BCUT2D eigenvalue weighted by Gasteiger charge is 2.24. The molecule has 2 rings (SSSR count). The van der Waals surface area contributed by atoms with Crippen LogP contribution in [0.2, 0.25) is 0 Å². The predicted octanol–water partition coefficient (Wildman–Crippen LogP) is 2.25. The number of amidine groups is 1. The molecule has 7 nitrogen and oxygen atoms in total. The second-order valence-electron chi connectivity index (χ2n) is 7.51. The van der Waals surface area contributed by atoms with Gasteiger partial charge in [0.1, 0.15) is 5.82 Å². The molecule has 7 heteroatoms. The molecule has 2 fully saturated rings. The summed E-state index contributed by atoms with van der Waals surface area (Å²) in [6.45, 7) is 6.83. The maximum absolute atomic E-state index is 11.1. The first-order chi connectivity index (χ1) is 12.5. The Bertz CT molecular complexity index is 540. The topological polar surface area (TPSA) is 112 Å². The number of carboxylic acids is 1.